The molecule has 3 rings (SSSR count). The molecule has 6 heteroatoms. The zero-order chi connectivity index (χ0) is 16.9. The molecule has 2 aliphatic rings. The molecule has 0 aromatic heterocycles. The topological polar surface area (TPSA) is 65.0 Å². The fraction of sp³-hybridized carbons (Fsp3) is 0.611. The second-order valence-corrected chi connectivity index (χ2v) is 6.60. The van der Waals surface area contributed by atoms with Gasteiger partial charge in [-0.05, 0) is 43.0 Å². The maximum atomic E-state index is 12.8. The molecule has 2 saturated heterocycles. The van der Waals surface area contributed by atoms with Gasteiger partial charge in [-0.15, -0.1) is 0 Å². The molecule has 2 N–H and O–H groups in total. The number of ether oxygens (including phenoxy) is 1. The number of aliphatic hydroxyl groups is 1. The van der Waals surface area contributed by atoms with Crippen LogP contribution < -0.4 is 15.0 Å². The van der Waals surface area contributed by atoms with Crippen molar-refractivity contribution in [2.75, 3.05) is 51.3 Å². The number of amides is 1. The van der Waals surface area contributed by atoms with Gasteiger partial charge in [0.15, 0.2) is 0 Å². The van der Waals surface area contributed by atoms with E-state index in [-0.39, 0.29) is 18.6 Å². The number of rotatable bonds is 4. The highest BCUT2D eigenvalue weighted by atomic mass is 16.5. The minimum Gasteiger partial charge on any atom is -0.497 e. The predicted molar refractivity (Wildman–Crippen MR) is 93.4 cm³/mol. The number of piperazine rings is 1. The van der Waals surface area contributed by atoms with Crippen LogP contribution in [0.4, 0.5) is 5.69 Å². The molecule has 1 aromatic rings. The van der Waals surface area contributed by atoms with Gasteiger partial charge >= 0.3 is 0 Å². The minimum atomic E-state index is -0.161. The number of carbonyl (C=O) groups excluding carboxylic acids is 1. The number of likely N-dealkylation sites (tertiary alicyclic amines) is 1. The molecule has 0 saturated carbocycles. The molecule has 2 fully saturated rings. The zero-order valence-electron chi connectivity index (χ0n) is 14.3. The Morgan fingerprint density at radius 1 is 1.25 bits per heavy atom. The van der Waals surface area contributed by atoms with Crippen LogP contribution in [0, 0.1) is 5.92 Å². The summed E-state index contributed by atoms with van der Waals surface area (Å²) < 4.78 is 5.20. The number of piperidine rings is 1. The van der Waals surface area contributed by atoms with Crippen molar-refractivity contribution in [3.63, 3.8) is 0 Å². The zero-order valence-corrected chi connectivity index (χ0v) is 14.3. The Labute approximate surface area is 143 Å². The van der Waals surface area contributed by atoms with Crippen LogP contribution in [0.1, 0.15) is 12.8 Å². The highest BCUT2D eigenvalue weighted by molar-refractivity contribution is 5.83. The summed E-state index contributed by atoms with van der Waals surface area (Å²) in [7, 11) is 1.66. The van der Waals surface area contributed by atoms with E-state index in [1.807, 2.05) is 29.2 Å². The van der Waals surface area contributed by atoms with Crippen molar-refractivity contribution in [1.29, 1.82) is 0 Å². The van der Waals surface area contributed by atoms with E-state index < -0.39 is 0 Å². The first-order chi connectivity index (χ1) is 11.7. The van der Waals surface area contributed by atoms with Gasteiger partial charge in [-0.1, -0.05) is 0 Å². The summed E-state index contributed by atoms with van der Waals surface area (Å²) in [5, 5.41) is 12.6. The molecule has 0 spiro atoms. The van der Waals surface area contributed by atoms with Gasteiger partial charge in [0, 0.05) is 45.0 Å². The van der Waals surface area contributed by atoms with Crippen LogP contribution in [-0.4, -0.2) is 68.4 Å². The van der Waals surface area contributed by atoms with E-state index in [1.165, 1.54) is 0 Å². The summed E-state index contributed by atoms with van der Waals surface area (Å²) in [6.07, 6.45) is 1.80. The van der Waals surface area contributed by atoms with Crippen LogP contribution >= 0.6 is 0 Å². The van der Waals surface area contributed by atoms with E-state index in [2.05, 4.69) is 10.2 Å². The van der Waals surface area contributed by atoms with E-state index >= 15 is 0 Å². The maximum absolute atomic E-state index is 12.8. The van der Waals surface area contributed by atoms with E-state index in [4.69, 9.17) is 4.74 Å². The van der Waals surface area contributed by atoms with Gasteiger partial charge in [-0.25, -0.2) is 0 Å². The molecule has 6 nitrogen and oxygen atoms in total. The molecular weight excluding hydrogens is 306 g/mol. The molecule has 0 unspecified atom stereocenters. The first kappa shape index (κ1) is 17.0. The van der Waals surface area contributed by atoms with E-state index in [1.54, 1.807) is 7.11 Å². The molecule has 2 heterocycles. The lowest BCUT2D eigenvalue weighted by Crippen LogP contribution is -2.58. The summed E-state index contributed by atoms with van der Waals surface area (Å²) in [6.45, 7) is 4.12. The largest absolute Gasteiger partial charge is 0.497 e. The molecule has 0 bridgehead atoms. The van der Waals surface area contributed by atoms with Crippen molar-refractivity contribution in [2.45, 2.75) is 18.9 Å². The van der Waals surface area contributed by atoms with E-state index in [0.29, 0.717) is 12.5 Å². The number of anilines is 1. The minimum absolute atomic E-state index is 0.161. The number of hydrogen-bond acceptors (Lipinski definition) is 5. The average Bonchev–Trinajstić information content (AvgIpc) is 2.67. The van der Waals surface area contributed by atoms with Gasteiger partial charge in [-0.3, -0.25) is 4.79 Å². The molecule has 0 radical (unpaired) electrons. The number of benzene rings is 1. The normalized spacial score (nSPS) is 22.5. The smallest absolute Gasteiger partial charge is 0.241 e. The summed E-state index contributed by atoms with van der Waals surface area (Å²) in [4.78, 5) is 17.0. The van der Waals surface area contributed by atoms with Gasteiger partial charge in [0.25, 0.3) is 0 Å². The SMILES string of the molecule is COc1ccc(N2CCN[C@@H](C(=O)N3CCC(CO)CC3)C2)cc1. The number of hydrogen-bond donors (Lipinski definition) is 2. The Morgan fingerprint density at radius 3 is 2.58 bits per heavy atom. The van der Waals surface area contributed by atoms with Crippen LogP contribution in [0.5, 0.6) is 5.75 Å². The summed E-state index contributed by atoms with van der Waals surface area (Å²) >= 11 is 0. The third-order valence-electron chi connectivity index (χ3n) is 5.10. The molecular formula is C18H27N3O3. The average molecular weight is 333 g/mol. The number of nitrogens with one attached hydrogen (secondary N) is 1. The third kappa shape index (κ3) is 3.82. The molecule has 1 aromatic carbocycles. The van der Waals surface area contributed by atoms with Crippen molar-refractivity contribution in [3.05, 3.63) is 24.3 Å². The second kappa shape index (κ2) is 7.85. The van der Waals surface area contributed by atoms with Crippen molar-refractivity contribution in [3.8, 4) is 5.75 Å². The first-order valence-electron chi connectivity index (χ1n) is 8.73. The predicted octanol–water partition coefficient (Wildman–Crippen LogP) is 0.704. The van der Waals surface area contributed by atoms with E-state index in [0.717, 1.165) is 50.5 Å². The molecule has 24 heavy (non-hydrogen) atoms. The standard InChI is InChI=1S/C18H27N3O3/c1-24-16-4-2-15(3-5-16)21-11-8-19-17(12-21)18(23)20-9-6-14(13-22)7-10-20/h2-5,14,17,19,22H,6-13H2,1H3/t17-/m1/s1. The number of nitrogens with zero attached hydrogens (tertiary/aromatic N) is 2. The van der Waals surface area contributed by atoms with Crippen LogP contribution in [-0.2, 0) is 4.79 Å². The highest BCUT2D eigenvalue weighted by Gasteiger charge is 2.31. The van der Waals surface area contributed by atoms with Crippen LogP contribution in [0.2, 0.25) is 0 Å². The van der Waals surface area contributed by atoms with Crippen LogP contribution in [0.25, 0.3) is 0 Å². The Bertz CT molecular complexity index is 541. The Hall–Kier alpha value is -1.79. The second-order valence-electron chi connectivity index (χ2n) is 6.60. The van der Waals surface area contributed by atoms with Gasteiger partial charge in [0.05, 0.1) is 7.11 Å². The Balaban J connectivity index is 1.59. The lowest BCUT2D eigenvalue weighted by Gasteiger charge is -2.39. The molecule has 1 amide bonds. The van der Waals surface area contributed by atoms with Crippen LogP contribution in [0.15, 0.2) is 24.3 Å². The summed E-state index contributed by atoms with van der Waals surface area (Å²) in [6, 6.07) is 7.82. The first-order valence-corrected chi connectivity index (χ1v) is 8.73. The van der Waals surface area contributed by atoms with Gasteiger partial charge in [0.1, 0.15) is 11.8 Å². The van der Waals surface area contributed by atoms with Crippen LogP contribution in [0.3, 0.4) is 0 Å². The molecule has 1 atom stereocenters. The van der Waals surface area contributed by atoms with Gasteiger partial charge in [0.2, 0.25) is 5.91 Å². The molecule has 0 aliphatic carbocycles. The fourth-order valence-corrected chi connectivity index (χ4v) is 3.50. The Kier molecular flexibility index (Phi) is 5.58. The van der Waals surface area contributed by atoms with Crippen molar-refractivity contribution in [2.24, 2.45) is 5.92 Å². The summed E-state index contributed by atoms with van der Waals surface area (Å²) in [5.74, 6) is 1.38. The lowest BCUT2D eigenvalue weighted by atomic mass is 9.97. The van der Waals surface area contributed by atoms with Gasteiger partial charge in [-0.2, -0.15) is 0 Å². The quantitative estimate of drug-likeness (QED) is 0.849. The summed E-state index contributed by atoms with van der Waals surface area (Å²) in [5.41, 5.74) is 1.12. The number of carbonyl (C=O) groups is 1. The van der Waals surface area contributed by atoms with Crippen molar-refractivity contribution >= 4 is 11.6 Å². The fourth-order valence-electron chi connectivity index (χ4n) is 3.50. The van der Waals surface area contributed by atoms with Crippen molar-refractivity contribution in [1.82, 2.24) is 10.2 Å². The van der Waals surface area contributed by atoms with Crippen molar-refractivity contribution < 1.29 is 14.6 Å². The van der Waals surface area contributed by atoms with E-state index in [9.17, 15) is 9.90 Å². The maximum Gasteiger partial charge on any atom is 0.241 e. The Morgan fingerprint density at radius 2 is 1.96 bits per heavy atom. The molecule has 132 valence electrons. The highest BCUT2D eigenvalue weighted by Crippen LogP contribution is 2.22. The molecule has 2 aliphatic heterocycles. The monoisotopic (exact) mass is 333 g/mol. The third-order valence-corrected chi connectivity index (χ3v) is 5.10. The number of methoxy groups -OCH3 is 1. The lowest BCUT2D eigenvalue weighted by molar-refractivity contribution is -0.135. The van der Waals surface area contributed by atoms with Gasteiger partial charge < -0.3 is 25.0 Å². The number of aliphatic hydroxyl groups excluding tert-OH is 1.